The zero-order valence-corrected chi connectivity index (χ0v) is 18.5. The van der Waals surface area contributed by atoms with E-state index in [1.165, 1.54) is 28.6 Å². The number of carbonyl (C=O) groups excluding carboxylic acids is 1. The zero-order valence-electron chi connectivity index (χ0n) is 17.7. The molecule has 0 spiro atoms. The molecule has 0 unspecified atom stereocenters. The number of H-pyrrole nitrogens is 1. The van der Waals surface area contributed by atoms with Crippen LogP contribution in [-0.4, -0.2) is 54.9 Å². The summed E-state index contributed by atoms with van der Waals surface area (Å²) >= 11 is 0. The third kappa shape index (κ3) is 4.25. The number of morpholine rings is 1. The van der Waals surface area contributed by atoms with E-state index in [0.717, 1.165) is 16.6 Å². The van der Waals surface area contributed by atoms with Gasteiger partial charge in [-0.1, -0.05) is 24.3 Å². The van der Waals surface area contributed by atoms with E-state index < -0.39 is 10.0 Å². The number of ether oxygens (including phenoxy) is 1. The van der Waals surface area contributed by atoms with Gasteiger partial charge in [0.25, 0.3) is 5.91 Å². The molecule has 3 aromatic carbocycles. The van der Waals surface area contributed by atoms with Crippen LogP contribution in [0.15, 0.2) is 77.7 Å². The van der Waals surface area contributed by atoms with Crippen LogP contribution in [0.5, 0.6) is 0 Å². The second-order valence-corrected chi connectivity index (χ2v) is 9.58. The average molecular weight is 463 g/mol. The maximum atomic E-state index is 12.9. The molecule has 0 aliphatic carbocycles. The molecular weight excluding hydrogens is 440 g/mol. The van der Waals surface area contributed by atoms with Crippen molar-refractivity contribution < 1.29 is 17.9 Å². The smallest absolute Gasteiger partial charge is 0.255 e. The molecule has 4 aromatic rings. The van der Waals surface area contributed by atoms with Crippen LogP contribution in [0.4, 0.5) is 5.69 Å². The summed E-state index contributed by atoms with van der Waals surface area (Å²) in [6.45, 7) is 1.40. The van der Waals surface area contributed by atoms with E-state index in [2.05, 4.69) is 15.3 Å². The van der Waals surface area contributed by atoms with Crippen LogP contribution in [0.1, 0.15) is 10.4 Å². The highest BCUT2D eigenvalue weighted by molar-refractivity contribution is 7.89. The highest BCUT2D eigenvalue weighted by Gasteiger charge is 2.26. The van der Waals surface area contributed by atoms with Gasteiger partial charge >= 0.3 is 0 Å². The SMILES string of the molecule is O=C(Nc1ccccc1-c1nc2ccccc2[nH]1)c1ccc(S(=O)(=O)N2CCOCC2)cc1. The average Bonchev–Trinajstić information content (AvgIpc) is 3.29. The van der Waals surface area contributed by atoms with Crippen LogP contribution < -0.4 is 5.32 Å². The molecular formula is C24H22N4O4S. The van der Waals surface area contributed by atoms with E-state index in [1.54, 1.807) is 6.07 Å². The Hall–Kier alpha value is -3.53. The lowest BCUT2D eigenvalue weighted by Crippen LogP contribution is -2.40. The summed E-state index contributed by atoms with van der Waals surface area (Å²) in [5.41, 5.74) is 3.46. The van der Waals surface area contributed by atoms with Gasteiger partial charge in [0.1, 0.15) is 5.82 Å². The van der Waals surface area contributed by atoms with Crippen LogP contribution >= 0.6 is 0 Å². The fourth-order valence-corrected chi connectivity index (χ4v) is 5.20. The molecule has 9 heteroatoms. The Morgan fingerprint density at radius 1 is 0.939 bits per heavy atom. The fourth-order valence-electron chi connectivity index (χ4n) is 3.79. The van der Waals surface area contributed by atoms with Gasteiger partial charge in [-0.3, -0.25) is 4.79 Å². The molecule has 168 valence electrons. The number of imidazole rings is 1. The first-order valence-electron chi connectivity index (χ1n) is 10.6. The van der Waals surface area contributed by atoms with E-state index >= 15 is 0 Å². The number of benzene rings is 3. The number of rotatable bonds is 5. The first kappa shape index (κ1) is 21.3. The summed E-state index contributed by atoms with van der Waals surface area (Å²) in [6.07, 6.45) is 0. The molecule has 1 fully saturated rings. The largest absolute Gasteiger partial charge is 0.379 e. The fraction of sp³-hybridized carbons (Fsp3) is 0.167. The molecule has 8 nitrogen and oxygen atoms in total. The number of hydrogen-bond acceptors (Lipinski definition) is 5. The number of nitrogens with zero attached hydrogens (tertiary/aromatic N) is 2. The number of para-hydroxylation sites is 3. The van der Waals surface area contributed by atoms with Crippen molar-refractivity contribution in [3.05, 3.63) is 78.4 Å². The highest BCUT2D eigenvalue weighted by Crippen LogP contribution is 2.28. The Balaban J connectivity index is 1.37. The molecule has 0 radical (unpaired) electrons. The number of aromatic amines is 1. The first-order valence-corrected chi connectivity index (χ1v) is 12.0. The molecule has 0 saturated carbocycles. The van der Waals surface area contributed by atoms with Crippen LogP contribution in [0, 0.1) is 0 Å². The van der Waals surface area contributed by atoms with Gasteiger partial charge < -0.3 is 15.0 Å². The van der Waals surface area contributed by atoms with Crippen molar-refractivity contribution in [3.8, 4) is 11.4 Å². The maximum absolute atomic E-state index is 12.9. The van der Waals surface area contributed by atoms with Crippen molar-refractivity contribution in [2.45, 2.75) is 4.90 Å². The number of aromatic nitrogens is 2. The van der Waals surface area contributed by atoms with Crippen LogP contribution in [-0.2, 0) is 14.8 Å². The van der Waals surface area contributed by atoms with Gasteiger partial charge in [-0.25, -0.2) is 13.4 Å². The quantitative estimate of drug-likeness (QED) is 0.472. The minimum atomic E-state index is -3.61. The molecule has 1 saturated heterocycles. The van der Waals surface area contributed by atoms with Crippen molar-refractivity contribution in [3.63, 3.8) is 0 Å². The summed E-state index contributed by atoms with van der Waals surface area (Å²) in [5, 5.41) is 2.92. The number of anilines is 1. The number of carbonyl (C=O) groups is 1. The monoisotopic (exact) mass is 462 g/mol. The predicted octanol–water partition coefficient (Wildman–Crippen LogP) is 3.50. The Morgan fingerprint density at radius 2 is 1.64 bits per heavy atom. The van der Waals surface area contributed by atoms with Gasteiger partial charge in [0.05, 0.1) is 34.8 Å². The normalized spacial score (nSPS) is 14.9. The van der Waals surface area contributed by atoms with E-state index in [1.807, 2.05) is 42.5 Å². The van der Waals surface area contributed by atoms with Gasteiger partial charge in [0.15, 0.2) is 0 Å². The van der Waals surface area contributed by atoms with Gasteiger partial charge in [-0.15, -0.1) is 0 Å². The predicted molar refractivity (Wildman–Crippen MR) is 126 cm³/mol. The maximum Gasteiger partial charge on any atom is 0.255 e. The van der Waals surface area contributed by atoms with Gasteiger partial charge in [0.2, 0.25) is 10.0 Å². The van der Waals surface area contributed by atoms with Crippen LogP contribution in [0.3, 0.4) is 0 Å². The lowest BCUT2D eigenvalue weighted by molar-refractivity contribution is 0.0730. The third-order valence-electron chi connectivity index (χ3n) is 5.54. The molecule has 1 amide bonds. The van der Waals surface area contributed by atoms with E-state index in [4.69, 9.17) is 4.74 Å². The number of nitrogens with one attached hydrogen (secondary N) is 2. The summed E-state index contributed by atoms with van der Waals surface area (Å²) in [4.78, 5) is 21.0. The molecule has 0 bridgehead atoms. The molecule has 1 aromatic heterocycles. The van der Waals surface area contributed by atoms with Crippen molar-refractivity contribution in [2.24, 2.45) is 0 Å². The molecule has 2 heterocycles. The van der Waals surface area contributed by atoms with E-state index in [9.17, 15) is 13.2 Å². The van der Waals surface area contributed by atoms with Crippen molar-refractivity contribution in [1.29, 1.82) is 0 Å². The number of fused-ring (bicyclic) bond motifs is 1. The zero-order chi connectivity index (χ0) is 22.8. The van der Waals surface area contributed by atoms with Crippen LogP contribution in [0.2, 0.25) is 0 Å². The lowest BCUT2D eigenvalue weighted by atomic mass is 10.1. The summed E-state index contributed by atoms with van der Waals surface area (Å²) in [7, 11) is -3.61. The van der Waals surface area contributed by atoms with Crippen molar-refractivity contribution >= 4 is 32.7 Å². The van der Waals surface area contributed by atoms with Crippen LogP contribution in [0.25, 0.3) is 22.4 Å². The summed E-state index contributed by atoms with van der Waals surface area (Å²) in [5.74, 6) is 0.313. The Morgan fingerprint density at radius 3 is 2.39 bits per heavy atom. The Kier molecular flexibility index (Phi) is 5.67. The number of hydrogen-bond donors (Lipinski definition) is 2. The number of amides is 1. The minimum Gasteiger partial charge on any atom is -0.379 e. The molecule has 1 aliphatic heterocycles. The summed E-state index contributed by atoms with van der Waals surface area (Å²) < 4.78 is 32.2. The second-order valence-electron chi connectivity index (χ2n) is 7.64. The van der Waals surface area contributed by atoms with Crippen molar-refractivity contribution in [2.75, 3.05) is 31.6 Å². The molecule has 5 rings (SSSR count). The minimum absolute atomic E-state index is 0.156. The first-order chi connectivity index (χ1) is 16.0. The number of sulfonamides is 1. The molecule has 1 aliphatic rings. The summed E-state index contributed by atoms with van der Waals surface area (Å²) in [6, 6.07) is 21.1. The molecule has 33 heavy (non-hydrogen) atoms. The van der Waals surface area contributed by atoms with Gasteiger partial charge in [-0.2, -0.15) is 4.31 Å². The molecule has 0 atom stereocenters. The topological polar surface area (TPSA) is 104 Å². The second kappa shape index (κ2) is 8.78. The Bertz CT molecular complexity index is 1370. The third-order valence-corrected chi connectivity index (χ3v) is 7.46. The van der Waals surface area contributed by atoms with E-state index in [-0.39, 0.29) is 10.8 Å². The van der Waals surface area contributed by atoms with Gasteiger partial charge in [0, 0.05) is 24.2 Å². The van der Waals surface area contributed by atoms with E-state index in [0.29, 0.717) is 43.4 Å². The Labute approximate surface area is 191 Å². The lowest BCUT2D eigenvalue weighted by Gasteiger charge is -2.26. The molecule has 2 N–H and O–H groups in total. The highest BCUT2D eigenvalue weighted by atomic mass is 32.2. The van der Waals surface area contributed by atoms with Gasteiger partial charge in [-0.05, 0) is 48.5 Å². The standard InChI is InChI=1S/C24H22N4O4S/c29-24(17-9-11-18(12-10-17)33(30,31)28-13-15-32-16-14-28)27-20-6-2-1-5-19(20)23-25-21-7-3-4-8-22(21)26-23/h1-12H,13-16H2,(H,25,26)(H,27,29). The van der Waals surface area contributed by atoms with Crippen molar-refractivity contribution in [1.82, 2.24) is 14.3 Å².